The van der Waals surface area contributed by atoms with Crippen LogP contribution < -0.4 is 21.4 Å². The van der Waals surface area contributed by atoms with Crippen molar-refractivity contribution in [1.82, 2.24) is 26.3 Å². The second-order valence-electron chi connectivity index (χ2n) is 12.5. The summed E-state index contributed by atoms with van der Waals surface area (Å²) in [6.07, 6.45) is 4.22. The Morgan fingerprint density at radius 1 is 1.12 bits per heavy atom. The number of carbonyl (C=O) groups excluding carboxylic acids is 5. The molecule has 4 atom stereocenters. The minimum atomic E-state index is -1.12. The number of ketones is 1. The Balaban J connectivity index is 1.63. The summed E-state index contributed by atoms with van der Waals surface area (Å²) in [5.41, 5.74) is 2.24. The van der Waals surface area contributed by atoms with Gasteiger partial charge in [0.15, 0.2) is 0 Å². The maximum Gasteiger partial charge on any atom is 0.289 e. The number of benzene rings is 1. The largest absolute Gasteiger partial charge is 0.347 e. The van der Waals surface area contributed by atoms with Crippen LogP contribution in [-0.2, 0) is 28.8 Å². The molecule has 11 nitrogen and oxygen atoms in total. The maximum absolute atomic E-state index is 14.0. The molecule has 0 bridgehead atoms. The molecule has 12 heteroatoms. The van der Waals surface area contributed by atoms with Crippen molar-refractivity contribution in [3.05, 3.63) is 41.7 Å². The van der Waals surface area contributed by atoms with Gasteiger partial charge in [-0.05, 0) is 60.6 Å². The zero-order valence-corrected chi connectivity index (χ0v) is 24.7. The highest BCUT2D eigenvalue weighted by atomic mass is 19.1. The van der Waals surface area contributed by atoms with Gasteiger partial charge in [-0.1, -0.05) is 34.1 Å². The highest BCUT2D eigenvalue weighted by Crippen LogP contribution is 2.38. The third kappa shape index (κ3) is 7.15. The molecule has 3 aliphatic rings. The summed E-state index contributed by atoms with van der Waals surface area (Å²) in [5.74, 6) is -3.34. The van der Waals surface area contributed by atoms with E-state index in [1.54, 1.807) is 39.0 Å². The number of rotatable bonds is 10. The lowest BCUT2D eigenvalue weighted by Crippen LogP contribution is -2.59. The molecule has 4 N–H and O–H groups in total. The van der Waals surface area contributed by atoms with Gasteiger partial charge >= 0.3 is 0 Å². The number of halogens is 1. The Labute approximate surface area is 244 Å². The highest BCUT2D eigenvalue weighted by molar-refractivity contribution is 6.38. The molecule has 4 amide bonds. The van der Waals surface area contributed by atoms with Gasteiger partial charge in [-0.25, -0.2) is 4.39 Å². The summed E-state index contributed by atoms with van der Waals surface area (Å²) in [5, 5.41) is 8.11. The van der Waals surface area contributed by atoms with Crippen molar-refractivity contribution in [3.63, 3.8) is 0 Å². The summed E-state index contributed by atoms with van der Waals surface area (Å²) in [7, 11) is 0. The van der Waals surface area contributed by atoms with Gasteiger partial charge < -0.3 is 20.9 Å². The SMILES string of the molecule is CCC[C@H](NC(=O)[C@@H]1C[C@]2(C=C(c3ccc(F)cc3)NO2)CN1C(=O)[C@@H](NC(C)=O)C(C)(C)C)C(=O)C(=O)NC1CC1. The van der Waals surface area contributed by atoms with Crippen LogP contribution in [0.15, 0.2) is 30.3 Å². The van der Waals surface area contributed by atoms with Crippen LogP contribution in [0.1, 0.15) is 72.3 Å². The van der Waals surface area contributed by atoms with E-state index >= 15 is 0 Å². The Morgan fingerprint density at radius 2 is 1.79 bits per heavy atom. The van der Waals surface area contributed by atoms with Crippen LogP contribution >= 0.6 is 0 Å². The second kappa shape index (κ2) is 12.2. The molecule has 4 rings (SSSR count). The maximum atomic E-state index is 14.0. The van der Waals surface area contributed by atoms with Gasteiger partial charge in [0.25, 0.3) is 5.91 Å². The summed E-state index contributed by atoms with van der Waals surface area (Å²) in [6.45, 7) is 8.55. The number of amides is 4. The van der Waals surface area contributed by atoms with Crippen molar-refractivity contribution < 1.29 is 33.2 Å². The van der Waals surface area contributed by atoms with Crippen LogP contribution in [0, 0.1) is 11.2 Å². The first kappa shape index (κ1) is 31.1. The van der Waals surface area contributed by atoms with Gasteiger partial charge in [0, 0.05) is 19.4 Å². The first-order chi connectivity index (χ1) is 19.7. The molecule has 0 radical (unpaired) electrons. The lowest BCUT2D eigenvalue weighted by Gasteiger charge is -2.35. The molecule has 42 heavy (non-hydrogen) atoms. The summed E-state index contributed by atoms with van der Waals surface area (Å²) in [4.78, 5) is 72.7. The molecule has 2 aliphatic heterocycles. The Kier molecular flexibility index (Phi) is 9.05. The van der Waals surface area contributed by atoms with E-state index in [1.165, 1.54) is 24.0 Å². The normalized spacial score (nSPS) is 23.0. The van der Waals surface area contributed by atoms with E-state index in [2.05, 4.69) is 21.4 Å². The number of nitrogens with zero attached hydrogens (tertiary/aromatic N) is 1. The van der Waals surface area contributed by atoms with E-state index in [0.29, 0.717) is 17.7 Å². The van der Waals surface area contributed by atoms with Crippen LogP contribution in [0.3, 0.4) is 0 Å². The fraction of sp³-hybridized carbons (Fsp3) is 0.567. The second-order valence-corrected chi connectivity index (χ2v) is 12.5. The number of hydroxylamine groups is 1. The van der Waals surface area contributed by atoms with Crippen molar-refractivity contribution in [2.24, 2.45) is 5.41 Å². The number of nitrogens with one attached hydrogen (secondary N) is 4. The van der Waals surface area contributed by atoms with Crippen molar-refractivity contribution in [3.8, 4) is 0 Å². The molecule has 0 aromatic heterocycles. The number of hydrogen-bond acceptors (Lipinski definition) is 7. The molecule has 1 saturated heterocycles. The van der Waals surface area contributed by atoms with Gasteiger partial charge in [-0.3, -0.25) is 34.3 Å². The number of carbonyl (C=O) groups is 5. The van der Waals surface area contributed by atoms with Crippen LogP contribution in [0.25, 0.3) is 5.70 Å². The standard InChI is InChI=1S/C30H40FN5O6/c1-6-7-21(24(38)27(40)33-20-12-13-20)34-26(39)23-15-30(14-22(35-42-30)18-8-10-19(31)11-9-18)16-36(23)28(41)25(29(3,4)5)32-17(2)37/h8-11,14,20-21,23,25,35H,6-7,12-13,15-16H2,1-5H3,(H,32,37)(H,33,40)(H,34,39)/t21-,23-,25+,30+/m0/s1. The number of hydrogen-bond donors (Lipinski definition) is 4. The van der Waals surface area contributed by atoms with Crippen molar-refractivity contribution in [2.45, 2.75) is 96.5 Å². The van der Waals surface area contributed by atoms with E-state index in [-0.39, 0.29) is 25.4 Å². The smallest absolute Gasteiger partial charge is 0.289 e. The molecule has 1 saturated carbocycles. The van der Waals surface area contributed by atoms with E-state index < -0.39 is 64.4 Å². The molecular formula is C30H40FN5O6. The Hall–Kier alpha value is -3.80. The molecule has 1 aromatic carbocycles. The predicted octanol–water partition coefficient (Wildman–Crippen LogP) is 1.72. The predicted molar refractivity (Wildman–Crippen MR) is 152 cm³/mol. The third-order valence-electron chi connectivity index (χ3n) is 7.67. The molecule has 2 fully saturated rings. The van der Waals surface area contributed by atoms with Gasteiger partial charge in [0.1, 0.15) is 23.5 Å². The number of Topliss-reactive ketones (excluding diaryl/α,β-unsaturated/α-hetero) is 1. The fourth-order valence-electron chi connectivity index (χ4n) is 5.28. The minimum absolute atomic E-state index is 0.0144. The Morgan fingerprint density at radius 3 is 2.36 bits per heavy atom. The highest BCUT2D eigenvalue weighted by Gasteiger charge is 2.53. The molecule has 2 heterocycles. The summed E-state index contributed by atoms with van der Waals surface area (Å²) in [6, 6.07) is 2.70. The average Bonchev–Trinajstić information content (AvgIpc) is 3.52. The first-order valence-electron chi connectivity index (χ1n) is 14.4. The molecule has 0 unspecified atom stereocenters. The van der Waals surface area contributed by atoms with Crippen LogP contribution in [0.2, 0.25) is 0 Å². The summed E-state index contributed by atoms with van der Waals surface area (Å²) >= 11 is 0. The van der Waals surface area contributed by atoms with Crippen molar-refractivity contribution in [2.75, 3.05) is 6.54 Å². The quantitative estimate of drug-likeness (QED) is 0.306. The fourth-order valence-corrected chi connectivity index (χ4v) is 5.28. The minimum Gasteiger partial charge on any atom is -0.347 e. The molecule has 1 aromatic rings. The zero-order valence-electron chi connectivity index (χ0n) is 24.7. The Bertz CT molecular complexity index is 1270. The lowest BCUT2D eigenvalue weighted by atomic mass is 9.85. The number of likely N-dealkylation sites (tertiary alicyclic amines) is 1. The van der Waals surface area contributed by atoms with E-state index in [4.69, 9.17) is 4.84 Å². The van der Waals surface area contributed by atoms with Gasteiger partial charge in [0.05, 0.1) is 18.3 Å². The van der Waals surface area contributed by atoms with E-state index in [0.717, 1.165) is 12.8 Å². The monoisotopic (exact) mass is 585 g/mol. The molecule has 1 spiro atoms. The zero-order chi connectivity index (χ0) is 30.8. The van der Waals surface area contributed by atoms with Crippen LogP contribution in [0.5, 0.6) is 0 Å². The van der Waals surface area contributed by atoms with E-state index in [9.17, 15) is 28.4 Å². The molecule has 1 aliphatic carbocycles. The van der Waals surface area contributed by atoms with E-state index in [1.807, 2.05) is 6.92 Å². The van der Waals surface area contributed by atoms with Gasteiger partial charge in [0.2, 0.25) is 23.5 Å². The lowest BCUT2D eigenvalue weighted by molar-refractivity contribution is -0.145. The molecular weight excluding hydrogens is 545 g/mol. The third-order valence-corrected chi connectivity index (χ3v) is 7.67. The summed E-state index contributed by atoms with van der Waals surface area (Å²) < 4.78 is 13.5. The topological polar surface area (TPSA) is 146 Å². The molecule has 228 valence electrons. The van der Waals surface area contributed by atoms with Crippen molar-refractivity contribution in [1.29, 1.82) is 0 Å². The van der Waals surface area contributed by atoms with Crippen LogP contribution in [-0.4, -0.2) is 70.6 Å². The van der Waals surface area contributed by atoms with Gasteiger partial charge in [-0.15, -0.1) is 0 Å². The van der Waals surface area contributed by atoms with Crippen molar-refractivity contribution >= 4 is 35.1 Å². The van der Waals surface area contributed by atoms with Crippen LogP contribution in [0.4, 0.5) is 4.39 Å². The van der Waals surface area contributed by atoms with Gasteiger partial charge in [-0.2, -0.15) is 0 Å². The average molecular weight is 586 g/mol. The first-order valence-corrected chi connectivity index (χ1v) is 14.4.